The minimum atomic E-state index is 0.568. The van der Waals surface area contributed by atoms with Gasteiger partial charge in [-0.2, -0.15) is 0 Å². The Morgan fingerprint density at radius 3 is 2.75 bits per heavy atom. The van der Waals surface area contributed by atoms with Crippen LogP contribution in [0.4, 0.5) is 0 Å². The van der Waals surface area contributed by atoms with Crippen LogP contribution in [0.25, 0.3) is 0 Å². The predicted octanol–water partition coefficient (Wildman–Crippen LogP) is 2.96. The SMILES string of the molecule is CC(C)C(C)C1=CN=C=CC=C1. The third-order valence-corrected chi connectivity index (χ3v) is 2.27. The Kier molecular flexibility index (Phi) is 3.07. The van der Waals surface area contributed by atoms with Crippen molar-refractivity contribution in [2.45, 2.75) is 20.8 Å². The fraction of sp³-hybridized carbons (Fsp3) is 0.455. The molecule has 0 N–H and O–H groups in total. The van der Waals surface area contributed by atoms with Crippen LogP contribution >= 0.6 is 0 Å². The molecule has 0 amide bonds. The molecular weight excluding hydrogens is 146 g/mol. The van der Waals surface area contributed by atoms with Crippen molar-refractivity contribution in [2.24, 2.45) is 16.8 Å². The summed E-state index contributed by atoms with van der Waals surface area (Å²) in [6.07, 6.45) is 7.82. The fourth-order valence-corrected chi connectivity index (χ4v) is 1.05. The number of nitrogens with zero attached hydrogens (tertiary/aromatic N) is 1. The van der Waals surface area contributed by atoms with Crippen LogP contribution in [0.15, 0.2) is 35.0 Å². The number of hydrogen-bond acceptors (Lipinski definition) is 1. The van der Waals surface area contributed by atoms with Crippen LogP contribution in [-0.4, -0.2) is 5.87 Å². The maximum absolute atomic E-state index is 4.03. The Hall–Kier alpha value is -1.07. The average molecular weight is 161 g/mol. The van der Waals surface area contributed by atoms with Gasteiger partial charge >= 0.3 is 0 Å². The molecule has 0 aromatic rings. The number of hydrogen-bond donors (Lipinski definition) is 0. The van der Waals surface area contributed by atoms with E-state index >= 15 is 0 Å². The molecule has 0 bridgehead atoms. The van der Waals surface area contributed by atoms with Gasteiger partial charge in [0.05, 0.1) is 0 Å². The van der Waals surface area contributed by atoms with Crippen molar-refractivity contribution in [2.75, 3.05) is 0 Å². The molecule has 1 nitrogen and oxygen atoms in total. The largest absolute Gasteiger partial charge is 0.214 e. The standard InChI is InChI=1S/C11H15N/c1-9(2)10(3)11-6-4-5-7-12-8-11/h4-6,8-10H,1-3H3. The van der Waals surface area contributed by atoms with Crippen LogP contribution in [0.3, 0.4) is 0 Å². The Labute approximate surface area is 74.2 Å². The molecule has 1 heterocycles. The summed E-state index contributed by atoms with van der Waals surface area (Å²) in [5, 5.41) is 0. The highest BCUT2D eigenvalue weighted by Gasteiger charge is 2.10. The molecule has 0 aromatic carbocycles. The second-order valence-electron chi connectivity index (χ2n) is 3.45. The number of aliphatic imine (C=N–C) groups is 1. The highest BCUT2D eigenvalue weighted by atomic mass is 14.6. The van der Waals surface area contributed by atoms with E-state index in [9.17, 15) is 0 Å². The zero-order valence-electron chi connectivity index (χ0n) is 7.91. The second-order valence-corrected chi connectivity index (χ2v) is 3.45. The molecule has 0 aliphatic carbocycles. The average Bonchev–Trinajstić information content (AvgIpc) is 2.30. The molecule has 0 spiro atoms. The van der Waals surface area contributed by atoms with Gasteiger partial charge in [0, 0.05) is 6.20 Å². The summed E-state index contributed by atoms with van der Waals surface area (Å²) in [6, 6.07) is 0. The van der Waals surface area contributed by atoms with Crippen LogP contribution in [0.5, 0.6) is 0 Å². The number of allylic oxidation sites excluding steroid dienone is 4. The van der Waals surface area contributed by atoms with E-state index in [1.807, 2.05) is 18.4 Å². The molecule has 1 unspecified atom stereocenters. The minimum Gasteiger partial charge on any atom is -0.214 e. The van der Waals surface area contributed by atoms with Crippen LogP contribution in [-0.2, 0) is 0 Å². The lowest BCUT2D eigenvalue weighted by Crippen LogP contribution is -2.05. The summed E-state index contributed by atoms with van der Waals surface area (Å²) < 4.78 is 0. The summed E-state index contributed by atoms with van der Waals surface area (Å²) in [5.74, 6) is 4.04. The first-order chi connectivity index (χ1) is 5.72. The highest BCUT2D eigenvalue weighted by Crippen LogP contribution is 2.21. The first kappa shape index (κ1) is 9.02. The van der Waals surface area contributed by atoms with E-state index in [4.69, 9.17) is 0 Å². The lowest BCUT2D eigenvalue weighted by atomic mass is 9.90. The minimum absolute atomic E-state index is 0.568. The lowest BCUT2D eigenvalue weighted by Gasteiger charge is -2.15. The number of rotatable bonds is 2. The van der Waals surface area contributed by atoms with Gasteiger partial charge in [0.1, 0.15) is 0 Å². The second kappa shape index (κ2) is 4.08. The van der Waals surface area contributed by atoms with E-state index in [0.29, 0.717) is 11.8 Å². The Morgan fingerprint density at radius 1 is 1.33 bits per heavy atom. The highest BCUT2D eigenvalue weighted by molar-refractivity contribution is 5.57. The van der Waals surface area contributed by atoms with Gasteiger partial charge in [-0.15, -0.1) is 0 Å². The Balaban J connectivity index is 2.77. The summed E-state index contributed by atoms with van der Waals surface area (Å²) in [6.45, 7) is 6.67. The van der Waals surface area contributed by atoms with Crippen molar-refractivity contribution in [3.63, 3.8) is 0 Å². The van der Waals surface area contributed by atoms with Crippen LogP contribution < -0.4 is 0 Å². The van der Waals surface area contributed by atoms with Gasteiger partial charge in [0.2, 0.25) is 0 Å². The molecule has 1 aliphatic heterocycles. The molecule has 0 saturated heterocycles. The smallest absolute Gasteiger partial charge is 0.0403 e. The van der Waals surface area contributed by atoms with E-state index < -0.39 is 0 Å². The summed E-state index contributed by atoms with van der Waals surface area (Å²) in [5.41, 5.74) is 1.28. The van der Waals surface area contributed by atoms with Crippen LogP contribution in [0.1, 0.15) is 20.8 Å². The van der Waals surface area contributed by atoms with E-state index in [2.05, 4.69) is 37.7 Å². The molecule has 0 aromatic heterocycles. The third-order valence-electron chi connectivity index (χ3n) is 2.27. The summed E-state index contributed by atoms with van der Waals surface area (Å²) in [4.78, 5) is 4.03. The monoisotopic (exact) mass is 161 g/mol. The normalized spacial score (nSPS) is 17.8. The molecule has 0 fully saturated rings. The first-order valence-corrected chi connectivity index (χ1v) is 4.37. The van der Waals surface area contributed by atoms with Gasteiger partial charge in [-0.25, -0.2) is 4.99 Å². The van der Waals surface area contributed by atoms with Gasteiger partial charge < -0.3 is 0 Å². The predicted molar refractivity (Wildman–Crippen MR) is 53.2 cm³/mol. The van der Waals surface area contributed by atoms with Gasteiger partial charge in [-0.3, -0.25) is 0 Å². The van der Waals surface area contributed by atoms with E-state index in [1.165, 1.54) is 5.57 Å². The molecule has 1 heteroatoms. The topological polar surface area (TPSA) is 12.4 Å². The van der Waals surface area contributed by atoms with Gasteiger partial charge in [-0.05, 0) is 29.4 Å². The molecule has 1 rings (SSSR count). The van der Waals surface area contributed by atoms with Crippen molar-refractivity contribution in [3.8, 4) is 0 Å². The summed E-state index contributed by atoms with van der Waals surface area (Å²) >= 11 is 0. The lowest BCUT2D eigenvalue weighted by molar-refractivity contribution is 0.487. The molecule has 1 aliphatic rings. The van der Waals surface area contributed by atoms with Crippen LogP contribution in [0, 0.1) is 11.8 Å². The van der Waals surface area contributed by atoms with Gasteiger partial charge in [0.25, 0.3) is 0 Å². The molecule has 12 heavy (non-hydrogen) atoms. The molecule has 0 radical (unpaired) electrons. The van der Waals surface area contributed by atoms with Crippen LogP contribution in [0.2, 0.25) is 0 Å². The maximum atomic E-state index is 4.03. The van der Waals surface area contributed by atoms with Crippen molar-refractivity contribution in [1.29, 1.82) is 0 Å². The van der Waals surface area contributed by atoms with Crippen molar-refractivity contribution in [3.05, 3.63) is 30.0 Å². The molecule has 64 valence electrons. The third kappa shape index (κ3) is 2.21. The first-order valence-electron chi connectivity index (χ1n) is 4.37. The maximum Gasteiger partial charge on any atom is 0.0403 e. The molecule has 1 atom stereocenters. The van der Waals surface area contributed by atoms with Crippen molar-refractivity contribution in [1.82, 2.24) is 0 Å². The zero-order valence-corrected chi connectivity index (χ0v) is 7.91. The van der Waals surface area contributed by atoms with E-state index in [1.54, 1.807) is 0 Å². The van der Waals surface area contributed by atoms with Crippen molar-refractivity contribution < 1.29 is 0 Å². The van der Waals surface area contributed by atoms with Gasteiger partial charge in [0.15, 0.2) is 0 Å². The Morgan fingerprint density at radius 2 is 2.08 bits per heavy atom. The Bertz CT molecular complexity index is 263. The molecule has 0 saturated carbocycles. The van der Waals surface area contributed by atoms with Crippen molar-refractivity contribution >= 4 is 5.87 Å². The van der Waals surface area contributed by atoms with Gasteiger partial charge in [-0.1, -0.05) is 32.9 Å². The quantitative estimate of drug-likeness (QED) is 0.590. The zero-order chi connectivity index (χ0) is 8.97. The fourth-order valence-electron chi connectivity index (χ4n) is 1.05. The molecular formula is C11H15N. The van der Waals surface area contributed by atoms with E-state index in [-0.39, 0.29) is 0 Å². The summed E-state index contributed by atoms with van der Waals surface area (Å²) in [7, 11) is 0. The van der Waals surface area contributed by atoms with E-state index in [0.717, 1.165) is 0 Å².